The van der Waals surface area contributed by atoms with Gasteiger partial charge in [0, 0.05) is 16.2 Å². The largest absolute Gasteiger partial charge is 0.463 e. The summed E-state index contributed by atoms with van der Waals surface area (Å²) in [7, 11) is 0. The molecule has 1 saturated heterocycles. The van der Waals surface area contributed by atoms with Gasteiger partial charge < -0.3 is 9.84 Å². The molecule has 1 spiro atoms. The lowest BCUT2D eigenvalue weighted by atomic mass is 9.43. The topological polar surface area (TPSA) is 46.5 Å². The van der Waals surface area contributed by atoms with Crippen molar-refractivity contribution < 1.29 is 14.6 Å². The van der Waals surface area contributed by atoms with Gasteiger partial charge in [-0.05, 0) is 41.4 Å². The van der Waals surface area contributed by atoms with E-state index in [1.807, 2.05) is 20.8 Å². The van der Waals surface area contributed by atoms with E-state index in [2.05, 4.69) is 39.0 Å². The van der Waals surface area contributed by atoms with Crippen molar-refractivity contribution in [3.05, 3.63) is 34.9 Å². The Hall–Kier alpha value is -1.35. The third-order valence-electron chi connectivity index (χ3n) is 7.28. The molecule has 0 aromatic heterocycles. The molecule has 136 valence electrons. The molecule has 0 amide bonds. The van der Waals surface area contributed by atoms with E-state index >= 15 is 0 Å². The number of aliphatic hydroxyl groups is 1. The second-order valence-corrected chi connectivity index (χ2v) is 10.7. The summed E-state index contributed by atoms with van der Waals surface area (Å²) >= 11 is 0. The highest BCUT2D eigenvalue weighted by Crippen LogP contribution is 2.67. The third kappa shape index (κ3) is 1.78. The van der Waals surface area contributed by atoms with Crippen LogP contribution in [0.1, 0.15) is 64.7 Å². The monoisotopic (exact) mass is 342 g/mol. The van der Waals surface area contributed by atoms with Crippen LogP contribution < -0.4 is 0 Å². The van der Waals surface area contributed by atoms with Crippen LogP contribution in [0.4, 0.5) is 0 Å². The summed E-state index contributed by atoms with van der Waals surface area (Å²) in [5.74, 6) is -0.447. The standard InChI is InChI=1S/C22H30O3/c1-18(2,3)21-12-20(10-14-8-7-9-16(21)15(14)11-20)13-25-17(23)22(21,24)19(4,5)6/h7-9,24H,10-13H2,1-6H3. The summed E-state index contributed by atoms with van der Waals surface area (Å²) in [6.07, 6.45) is 2.70. The van der Waals surface area contributed by atoms with E-state index in [0.29, 0.717) is 6.61 Å². The first-order chi connectivity index (χ1) is 11.4. The van der Waals surface area contributed by atoms with E-state index in [-0.39, 0.29) is 10.8 Å². The molecule has 3 nitrogen and oxygen atoms in total. The molecule has 1 heterocycles. The number of ether oxygens (including phenoxy) is 1. The lowest BCUT2D eigenvalue weighted by molar-refractivity contribution is -0.200. The average Bonchev–Trinajstić information content (AvgIpc) is 2.80. The van der Waals surface area contributed by atoms with E-state index < -0.39 is 22.4 Å². The summed E-state index contributed by atoms with van der Waals surface area (Å²) in [4.78, 5) is 13.3. The van der Waals surface area contributed by atoms with Crippen LogP contribution in [-0.4, -0.2) is 23.3 Å². The molecule has 0 radical (unpaired) electrons. The maximum absolute atomic E-state index is 13.3. The van der Waals surface area contributed by atoms with Crippen LogP contribution in [-0.2, 0) is 27.8 Å². The number of carbonyl (C=O) groups is 1. The maximum atomic E-state index is 13.3. The Morgan fingerprint density at radius 3 is 2.32 bits per heavy atom. The van der Waals surface area contributed by atoms with Crippen molar-refractivity contribution in [2.75, 3.05) is 6.61 Å². The van der Waals surface area contributed by atoms with Gasteiger partial charge in [0.2, 0.25) is 0 Å². The Kier molecular flexibility index (Phi) is 3.07. The molecule has 1 aliphatic heterocycles. The quantitative estimate of drug-likeness (QED) is 0.730. The van der Waals surface area contributed by atoms with Gasteiger partial charge in [0.15, 0.2) is 5.60 Å². The summed E-state index contributed by atoms with van der Waals surface area (Å²) in [5, 5.41) is 12.2. The Balaban J connectivity index is 2.16. The van der Waals surface area contributed by atoms with E-state index in [0.717, 1.165) is 19.3 Å². The molecule has 4 rings (SSSR count). The van der Waals surface area contributed by atoms with Crippen LogP contribution >= 0.6 is 0 Å². The van der Waals surface area contributed by atoms with Gasteiger partial charge in [-0.2, -0.15) is 0 Å². The number of benzene rings is 1. The molecule has 1 fully saturated rings. The molecule has 1 N–H and O–H groups in total. The number of cyclic esters (lactones) is 1. The maximum Gasteiger partial charge on any atom is 0.339 e. The molecular weight excluding hydrogens is 312 g/mol. The highest BCUT2D eigenvalue weighted by Gasteiger charge is 2.73. The van der Waals surface area contributed by atoms with Crippen molar-refractivity contribution >= 4 is 5.97 Å². The van der Waals surface area contributed by atoms with Gasteiger partial charge in [-0.25, -0.2) is 4.79 Å². The Morgan fingerprint density at radius 2 is 1.72 bits per heavy atom. The zero-order valence-electron chi connectivity index (χ0n) is 16.3. The molecule has 25 heavy (non-hydrogen) atoms. The van der Waals surface area contributed by atoms with E-state index in [4.69, 9.17) is 4.74 Å². The molecule has 3 bridgehead atoms. The average molecular weight is 342 g/mol. The van der Waals surface area contributed by atoms with Crippen LogP contribution in [0.3, 0.4) is 0 Å². The summed E-state index contributed by atoms with van der Waals surface area (Å²) < 4.78 is 5.80. The van der Waals surface area contributed by atoms with Crippen LogP contribution in [0.2, 0.25) is 0 Å². The van der Waals surface area contributed by atoms with Gasteiger partial charge in [-0.1, -0.05) is 59.7 Å². The molecule has 2 aliphatic carbocycles. The Morgan fingerprint density at radius 1 is 1.04 bits per heavy atom. The molecule has 1 aromatic carbocycles. The third-order valence-corrected chi connectivity index (χ3v) is 7.28. The van der Waals surface area contributed by atoms with E-state index in [1.54, 1.807) is 0 Å². The zero-order chi connectivity index (χ0) is 18.5. The first-order valence-electron chi connectivity index (χ1n) is 9.39. The van der Waals surface area contributed by atoms with Gasteiger partial charge in [-0.3, -0.25) is 0 Å². The van der Waals surface area contributed by atoms with Crippen molar-refractivity contribution in [3.8, 4) is 0 Å². The molecule has 3 aliphatic rings. The van der Waals surface area contributed by atoms with Crippen molar-refractivity contribution in [2.24, 2.45) is 16.2 Å². The van der Waals surface area contributed by atoms with Gasteiger partial charge in [0.05, 0.1) is 6.61 Å². The zero-order valence-corrected chi connectivity index (χ0v) is 16.3. The van der Waals surface area contributed by atoms with Crippen LogP contribution in [0, 0.1) is 16.2 Å². The first kappa shape index (κ1) is 17.1. The van der Waals surface area contributed by atoms with E-state index in [1.165, 1.54) is 16.7 Å². The number of hydrogen-bond donors (Lipinski definition) is 1. The van der Waals surface area contributed by atoms with Crippen LogP contribution in [0.15, 0.2) is 18.2 Å². The number of esters is 1. The van der Waals surface area contributed by atoms with Crippen molar-refractivity contribution in [1.29, 1.82) is 0 Å². The predicted octanol–water partition coefficient (Wildman–Crippen LogP) is 3.79. The predicted molar refractivity (Wildman–Crippen MR) is 97.4 cm³/mol. The Labute approximate surface area is 150 Å². The van der Waals surface area contributed by atoms with Crippen LogP contribution in [0.25, 0.3) is 0 Å². The lowest BCUT2D eigenvalue weighted by Crippen LogP contribution is -2.69. The number of hydrogen-bond acceptors (Lipinski definition) is 3. The fourth-order valence-electron chi connectivity index (χ4n) is 6.16. The second kappa shape index (κ2) is 4.49. The van der Waals surface area contributed by atoms with Crippen molar-refractivity contribution in [1.82, 2.24) is 0 Å². The molecule has 3 unspecified atom stereocenters. The van der Waals surface area contributed by atoms with E-state index in [9.17, 15) is 9.90 Å². The summed E-state index contributed by atoms with van der Waals surface area (Å²) in [6, 6.07) is 6.46. The van der Waals surface area contributed by atoms with Crippen molar-refractivity contribution in [2.45, 2.75) is 71.8 Å². The first-order valence-corrected chi connectivity index (χ1v) is 9.39. The normalized spacial score (nSPS) is 36.8. The Bertz CT molecular complexity index is 766. The highest BCUT2D eigenvalue weighted by molar-refractivity contribution is 5.85. The molecule has 3 heteroatoms. The summed E-state index contributed by atoms with van der Waals surface area (Å²) in [5.41, 5.74) is 0.660. The molecule has 0 saturated carbocycles. The smallest absolute Gasteiger partial charge is 0.339 e. The number of carbonyl (C=O) groups excluding carboxylic acids is 1. The van der Waals surface area contributed by atoms with Gasteiger partial charge in [0.25, 0.3) is 0 Å². The van der Waals surface area contributed by atoms with Gasteiger partial charge in [0.1, 0.15) is 0 Å². The highest BCUT2D eigenvalue weighted by atomic mass is 16.6. The number of rotatable bonds is 0. The minimum atomic E-state index is -1.57. The molecule has 1 aromatic rings. The molecular formula is C22H30O3. The summed E-state index contributed by atoms with van der Waals surface area (Å²) in [6.45, 7) is 12.8. The SMILES string of the molecule is CC(C)(C)C1(O)C(=O)OCC23Cc4cccc(c4C2)C1(C(C)(C)C)C3. The fraction of sp³-hybridized carbons (Fsp3) is 0.682. The minimum absolute atomic E-state index is 0.0741. The van der Waals surface area contributed by atoms with Crippen molar-refractivity contribution in [3.63, 3.8) is 0 Å². The van der Waals surface area contributed by atoms with Gasteiger partial charge in [-0.15, -0.1) is 0 Å². The fourth-order valence-corrected chi connectivity index (χ4v) is 6.16. The van der Waals surface area contributed by atoms with Crippen LogP contribution in [0.5, 0.6) is 0 Å². The lowest BCUT2D eigenvalue weighted by Gasteiger charge is -2.60. The second-order valence-electron chi connectivity index (χ2n) is 10.7. The molecule has 3 atom stereocenters. The number of fused-ring (bicyclic) bond motifs is 2. The minimum Gasteiger partial charge on any atom is -0.463 e. The van der Waals surface area contributed by atoms with Gasteiger partial charge >= 0.3 is 5.97 Å².